The molecule has 0 unspecified atom stereocenters. The van der Waals surface area contributed by atoms with Crippen molar-refractivity contribution in [3.05, 3.63) is 27.3 Å². The zero-order valence-electron chi connectivity index (χ0n) is 10.00. The highest BCUT2D eigenvalue weighted by atomic mass is 127. The molecule has 98 valence electrons. The molecule has 0 radical (unpaired) electrons. The van der Waals surface area contributed by atoms with Crippen molar-refractivity contribution in [3.8, 4) is 0 Å². The van der Waals surface area contributed by atoms with E-state index < -0.39 is 5.97 Å². The third-order valence-corrected chi connectivity index (χ3v) is 2.93. The number of anilines is 1. The quantitative estimate of drug-likeness (QED) is 0.531. The van der Waals surface area contributed by atoms with E-state index in [2.05, 4.69) is 33.2 Å². The van der Waals surface area contributed by atoms with Crippen LogP contribution >= 0.6 is 22.6 Å². The van der Waals surface area contributed by atoms with Crippen LogP contribution in [0.15, 0.2) is 18.2 Å². The average molecular weight is 362 g/mol. The van der Waals surface area contributed by atoms with Crippen molar-refractivity contribution in [2.75, 3.05) is 18.4 Å². The zero-order valence-corrected chi connectivity index (χ0v) is 12.2. The fourth-order valence-corrected chi connectivity index (χ4v) is 2.01. The largest absolute Gasteiger partial charge is 0.481 e. The van der Waals surface area contributed by atoms with Gasteiger partial charge >= 0.3 is 5.97 Å². The second kappa shape index (κ2) is 7.32. The smallest absolute Gasteiger partial charge is 0.304 e. The van der Waals surface area contributed by atoms with Crippen LogP contribution in [0.4, 0.5) is 5.69 Å². The first-order chi connectivity index (χ1) is 8.49. The third kappa shape index (κ3) is 5.46. The zero-order chi connectivity index (χ0) is 13.5. The number of amides is 1. The Hall–Kier alpha value is -1.15. The van der Waals surface area contributed by atoms with Gasteiger partial charge in [0.05, 0.1) is 13.0 Å². The van der Waals surface area contributed by atoms with Crippen LogP contribution in [0.3, 0.4) is 0 Å². The normalized spacial score (nSPS) is 10.1. The molecule has 0 bridgehead atoms. The van der Waals surface area contributed by atoms with E-state index in [4.69, 9.17) is 5.11 Å². The van der Waals surface area contributed by atoms with E-state index in [1.54, 1.807) is 0 Å². The molecule has 0 aliphatic heterocycles. The fourth-order valence-electron chi connectivity index (χ4n) is 1.36. The summed E-state index contributed by atoms with van der Waals surface area (Å²) in [5.41, 5.74) is 1.78. The summed E-state index contributed by atoms with van der Waals surface area (Å²) < 4.78 is 1.11. The van der Waals surface area contributed by atoms with Crippen molar-refractivity contribution >= 4 is 40.2 Å². The molecule has 0 fully saturated rings. The number of aliphatic carboxylic acids is 1. The molecule has 0 heterocycles. The second-order valence-corrected chi connectivity index (χ2v) is 5.07. The molecule has 0 aliphatic rings. The van der Waals surface area contributed by atoms with Gasteiger partial charge in [-0.15, -0.1) is 0 Å². The summed E-state index contributed by atoms with van der Waals surface area (Å²) in [5, 5.41) is 14.0. The van der Waals surface area contributed by atoms with Crippen molar-refractivity contribution in [2.24, 2.45) is 0 Å². The van der Waals surface area contributed by atoms with Gasteiger partial charge < -0.3 is 15.7 Å². The minimum atomic E-state index is -0.878. The molecule has 0 spiro atoms. The first-order valence-electron chi connectivity index (χ1n) is 5.47. The summed E-state index contributed by atoms with van der Waals surface area (Å²) in [7, 11) is 0. The van der Waals surface area contributed by atoms with Gasteiger partial charge in [-0.1, -0.05) is 0 Å². The Balaban J connectivity index is 2.38. The lowest BCUT2D eigenvalue weighted by atomic mass is 10.2. The number of carbonyl (C=O) groups excluding carboxylic acids is 1. The highest BCUT2D eigenvalue weighted by Crippen LogP contribution is 2.17. The van der Waals surface area contributed by atoms with Crippen LogP contribution in [0.25, 0.3) is 0 Å². The fraction of sp³-hybridized carbons (Fsp3) is 0.333. The van der Waals surface area contributed by atoms with Crippen LogP contribution in [0.1, 0.15) is 12.0 Å². The Labute approximate surface area is 119 Å². The topological polar surface area (TPSA) is 78.4 Å². The molecule has 0 saturated heterocycles. The first-order valence-corrected chi connectivity index (χ1v) is 6.55. The predicted octanol–water partition coefficient (Wildman–Crippen LogP) is 1.60. The first kappa shape index (κ1) is 14.9. The average Bonchev–Trinajstić information content (AvgIpc) is 2.28. The van der Waals surface area contributed by atoms with Crippen LogP contribution in [-0.4, -0.2) is 30.1 Å². The van der Waals surface area contributed by atoms with E-state index in [0.717, 1.165) is 14.8 Å². The number of halogens is 1. The maximum absolute atomic E-state index is 11.6. The van der Waals surface area contributed by atoms with Crippen molar-refractivity contribution in [1.29, 1.82) is 0 Å². The number of aryl methyl sites for hydroxylation is 1. The van der Waals surface area contributed by atoms with Gasteiger partial charge in [0.1, 0.15) is 0 Å². The highest BCUT2D eigenvalue weighted by Gasteiger charge is 2.05. The van der Waals surface area contributed by atoms with Crippen LogP contribution in [0.5, 0.6) is 0 Å². The number of rotatable bonds is 6. The Morgan fingerprint density at radius 2 is 2.11 bits per heavy atom. The van der Waals surface area contributed by atoms with Gasteiger partial charge in [-0.05, 0) is 53.3 Å². The number of benzene rings is 1. The van der Waals surface area contributed by atoms with Gasteiger partial charge in [-0.3, -0.25) is 9.59 Å². The molecular formula is C12H15IN2O3. The van der Waals surface area contributed by atoms with Crippen LogP contribution in [0.2, 0.25) is 0 Å². The monoisotopic (exact) mass is 362 g/mol. The summed E-state index contributed by atoms with van der Waals surface area (Å²) in [6, 6.07) is 5.75. The molecule has 1 rings (SSSR count). The summed E-state index contributed by atoms with van der Waals surface area (Å²) in [6.45, 7) is 2.32. The molecule has 18 heavy (non-hydrogen) atoms. The summed E-state index contributed by atoms with van der Waals surface area (Å²) in [6.07, 6.45) is 0.00976. The molecule has 3 N–H and O–H groups in total. The number of carbonyl (C=O) groups is 2. The minimum Gasteiger partial charge on any atom is -0.481 e. The summed E-state index contributed by atoms with van der Waals surface area (Å²) in [5.74, 6) is -1.05. The van der Waals surface area contributed by atoms with Crippen LogP contribution in [0, 0.1) is 10.5 Å². The molecule has 5 nitrogen and oxygen atoms in total. The maximum Gasteiger partial charge on any atom is 0.304 e. The molecular weight excluding hydrogens is 347 g/mol. The summed E-state index contributed by atoms with van der Waals surface area (Å²) >= 11 is 2.21. The second-order valence-electron chi connectivity index (χ2n) is 3.83. The van der Waals surface area contributed by atoms with E-state index in [0.29, 0.717) is 0 Å². The van der Waals surface area contributed by atoms with Gasteiger partial charge in [0, 0.05) is 15.8 Å². The SMILES string of the molecule is Cc1cc(I)ccc1NC(=O)CNCCC(=O)O. The van der Waals surface area contributed by atoms with Gasteiger partial charge in [-0.25, -0.2) is 0 Å². The highest BCUT2D eigenvalue weighted by molar-refractivity contribution is 14.1. The molecule has 0 aromatic heterocycles. The van der Waals surface area contributed by atoms with E-state index in [1.807, 2.05) is 25.1 Å². The lowest BCUT2D eigenvalue weighted by Gasteiger charge is -2.09. The van der Waals surface area contributed by atoms with Crippen molar-refractivity contribution in [3.63, 3.8) is 0 Å². The predicted molar refractivity (Wildman–Crippen MR) is 77.6 cm³/mol. The third-order valence-electron chi connectivity index (χ3n) is 2.26. The van der Waals surface area contributed by atoms with Crippen LogP contribution < -0.4 is 10.6 Å². The lowest BCUT2D eigenvalue weighted by Crippen LogP contribution is -2.29. The molecule has 1 amide bonds. The number of carboxylic acid groups (broad SMARTS) is 1. The van der Waals surface area contributed by atoms with Crippen molar-refractivity contribution in [2.45, 2.75) is 13.3 Å². The van der Waals surface area contributed by atoms with Crippen LogP contribution in [-0.2, 0) is 9.59 Å². The van der Waals surface area contributed by atoms with Crippen molar-refractivity contribution in [1.82, 2.24) is 5.32 Å². The molecule has 0 atom stereocenters. The lowest BCUT2D eigenvalue weighted by molar-refractivity contribution is -0.137. The molecule has 0 saturated carbocycles. The number of hydrogen-bond acceptors (Lipinski definition) is 3. The number of nitrogens with one attached hydrogen (secondary N) is 2. The maximum atomic E-state index is 11.6. The standard InChI is InChI=1S/C12H15IN2O3/c1-8-6-9(13)2-3-10(8)15-11(16)7-14-5-4-12(17)18/h2-3,6,14H,4-5,7H2,1H3,(H,15,16)(H,17,18). The Bertz CT molecular complexity index is 449. The van der Waals surface area contributed by atoms with E-state index in [-0.39, 0.29) is 25.4 Å². The molecule has 1 aromatic carbocycles. The van der Waals surface area contributed by atoms with E-state index >= 15 is 0 Å². The Morgan fingerprint density at radius 1 is 1.39 bits per heavy atom. The molecule has 0 aliphatic carbocycles. The number of hydrogen-bond donors (Lipinski definition) is 3. The molecule has 6 heteroatoms. The Kier molecular flexibility index (Phi) is 6.06. The van der Waals surface area contributed by atoms with E-state index in [9.17, 15) is 9.59 Å². The Morgan fingerprint density at radius 3 is 2.72 bits per heavy atom. The number of carboxylic acids is 1. The minimum absolute atomic E-state index is 0.00976. The van der Waals surface area contributed by atoms with Gasteiger partial charge in [0.15, 0.2) is 0 Å². The van der Waals surface area contributed by atoms with E-state index in [1.165, 1.54) is 0 Å². The summed E-state index contributed by atoms with van der Waals surface area (Å²) in [4.78, 5) is 21.8. The molecule has 1 aromatic rings. The van der Waals surface area contributed by atoms with Gasteiger partial charge in [-0.2, -0.15) is 0 Å². The van der Waals surface area contributed by atoms with Gasteiger partial charge in [0.25, 0.3) is 0 Å². The van der Waals surface area contributed by atoms with Crippen molar-refractivity contribution < 1.29 is 14.7 Å². The van der Waals surface area contributed by atoms with Gasteiger partial charge in [0.2, 0.25) is 5.91 Å².